The van der Waals surface area contributed by atoms with Crippen LogP contribution in [0.3, 0.4) is 0 Å². The van der Waals surface area contributed by atoms with Gasteiger partial charge in [-0.3, -0.25) is 4.79 Å². The van der Waals surface area contributed by atoms with E-state index in [1.165, 1.54) is 0 Å². The van der Waals surface area contributed by atoms with E-state index in [9.17, 15) is 9.90 Å². The highest BCUT2D eigenvalue weighted by molar-refractivity contribution is 5.90. The van der Waals surface area contributed by atoms with Crippen molar-refractivity contribution in [1.29, 1.82) is 0 Å². The van der Waals surface area contributed by atoms with Gasteiger partial charge in [-0.05, 0) is 25.5 Å². The number of aromatic nitrogens is 2. The van der Waals surface area contributed by atoms with Crippen molar-refractivity contribution in [2.75, 3.05) is 6.54 Å². The molecule has 2 aromatic rings. The fourth-order valence-corrected chi connectivity index (χ4v) is 2.28. The number of hydrogen-bond donors (Lipinski definition) is 3. The monoisotopic (exact) mass is 288 g/mol. The summed E-state index contributed by atoms with van der Waals surface area (Å²) >= 11 is 0. The summed E-state index contributed by atoms with van der Waals surface area (Å²) in [5.41, 5.74) is 0.632. The Hall–Kier alpha value is -2.41. The Morgan fingerprint density at radius 2 is 2.33 bits per heavy atom. The lowest BCUT2D eigenvalue weighted by atomic mass is 10.2. The summed E-state index contributed by atoms with van der Waals surface area (Å²) in [7, 11) is 0. The average molecular weight is 288 g/mol. The van der Waals surface area contributed by atoms with Crippen LogP contribution in [0.1, 0.15) is 41.0 Å². The zero-order valence-electron chi connectivity index (χ0n) is 11.4. The lowest BCUT2D eigenvalue weighted by Gasteiger charge is -2.04. The quantitative estimate of drug-likeness (QED) is 0.779. The van der Waals surface area contributed by atoms with Crippen LogP contribution in [0.2, 0.25) is 0 Å². The van der Waals surface area contributed by atoms with Crippen LogP contribution in [-0.4, -0.2) is 27.7 Å². The largest absolute Gasteiger partial charge is 0.508 e. The van der Waals surface area contributed by atoms with Crippen LogP contribution < -0.4 is 10.6 Å². The second kappa shape index (κ2) is 5.92. The highest BCUT2D eigenvalue weighted by Crippen LogP contribution is 2.21. The van der Waals surface area contributed by atoms with E-state index >= 15 is 0 Å². The Morgan fingerprint density at radius 1 is 1.48 bits per heavy atom. The summed E-state index contributed by atoms with van der Waals surface area (Å²) in [5, 5.41) is 19.2. The Morgan fingerprint density at radius 3 is 3.10 bits per heavy atom. The van der Waals surface area contributed by atoms with Gasteiger partial charge < -0.3 is 20.3 Å². The van der Waals surface area contributed by atoms with Gasteiger partial charge in [0.05, 0.1) is 6.04 Å². The van der Waals surface area contributed by atoms with Gasteiger partial charge in [0.1, 0.15) is 5.75 Å². The predicted molar refractivity (Wildman–Crippen MR) is 73.6 cm³/mol. The number of para-hydroxylation sites is 1. The van der Waals surface area contributed by atoms with Gasteiger partial charge in [-0.2, -0.15) is 4.98 Å². The molecule has 7 heteroatoms. The molecule has 110 valence electrons. The number of hydrogen-bond acceptors (Lipinski definition) is 6. The number of carbonyl (C=O) groups is 1. The molecule has 1 amide bonds. The molecule has 7 nitrogen and oxygen atoms in total. The van der Waals surface area contributed by atoms with Crippen molar-refractivity contribution in [3.05, 3.63) is 41.5 Å². The lowest BCUT2D eigenvalue weighted by molar-refractivity contribution is 0.0937. The second-order valence-corrected chi connectivity index (χ2v) is 4.92. The Labute approximate surface area is 121 Å². The molecule has 3 rings (SSSR count). The molecule has 2 heterocycles. The fourth-order valence-electron chi connectivity index (χ4n) is 2.28. The zero-order valence-corrected chi connectivity index (χ0v) is 11.4. The van der Waals surface area contributed by atoms with E-state index in [-0.39, 0.29) is 24.2 Å². The van der Waals surface area contributed by atoms with Crippen molar-refractivity contribution < 1.29 is 14.4 Å². The van der Waals surface area contributed by atoms with E-state index in [1.807, 2.05) is 0 Å². The third-order valence-corrected chi connectivity index (χ3v) is 3.43. The molecule has 1 unspecified atom stereocenters. The molecule has 3 N–H and O–H groups in total. The number of amides is 1. The standard InChI is InChI=1S/C14H16N4O3/c19-11-6-2-1-4-9(11)8-16-13(20)12-17-14(21-18-12)10-5-3-7-15-10/h1-2,4,6,10,15,19H,3,5,7-8H2,(H,16,20). The molecule has 0 bridgehead atoms. The van der Waals surface area contributed by atoms with E-state index in [0.29, 0.717) is 11.5 Å². The summed E-state index contributed by atoms with van der Waals surface area (Å²) in [6, 6.07) is 6.86. The van der Waals surface area contributed by atoms with Crippen molar-refractivity contribution >= 4 is 5.91 Å². The maximum absolute atomic E-state index is 12.0. The molecule has 1 aromatic carbocycles. The molecular formula is C14H16N4O3. The van der Waals surface area contributed by atoms with Gasteiger partial charge in [0.15, 0.2) is 0 Å². The minimum Gasteiger partial charge on any atom is -0.508 e. The minimum absolute atomic E-state index is 0.00845. The van der Waals surface area contributed by atoms with Gasteiger partial charge in [0, 0.05) is 12.1 Å². The van der Waals surface area contributed by atoms with Crippen LogP contribution in [-0.2, 0) is 6.54 Å². The number of phenolic OH excluding ortho intramolecular Hbond substituents is 1. The first-order valence-electron chi connectivity index (χ1n) is 6.86. The molecule has 1 fully saturated rings. The number of phenols is 1. The Kier molecular flexibility index (Phi) is 3.83. The van der Waals surface area contributed by atoms with E-state index in [0.717, 1.165) is 19.4 Å². The molecule has 0 saturated carbocycles. The van der Waals surface area contributed by atoms with Crippen LogP contribution in [0.15, 0.2) is 28.8 Å². The molecule has 21 heavy (non-hydrogen) atoms. The highest BCUT2D eigenvalue weighted by Gasteiger charge is 2.24. The van der Waals surface area contributed by atoms with Crippen molar-refractivity contribution in [2.24, 2.45) is 0 Å². The third kappa shape index (κ3) is 3.03. The van der Waals surface area contributed by atoms with Crippen LogP contribution >= 0.6 is 0 Å². The SMILES string of the molecule is O=C(NCc1ccccc1O)c1noc(C2CCCN2)n1. The van der Waals surface area contributed by atoms with Crippen LogP contribution in [0, 0.1) is 0 Å². The lowest BCUT2D eigenvalue weighted by Crippen LogP contribution is -2.24. The van der Waals surface area contributed by atoms with E-state index in [2.05, 4.69) is 20.8 Å². The first-order chi connectivity index (χ1) is 10.2. The number of rotatable bonds is 4. The van der Waals surface area contributed by atoms with Crippen LogP contribution in [0.25, 0.3) is 0 Å². The van der Waals surface area contributed by atoms with Gasteiger partial charge >= 0.3 is 0 Å². The third-order valence-electron chi connectivity index (χ3n) is 3.43. The number of aromatic hydroxyl groups is 1. The molecule has 1 saturated heterocycles. The van der Waals surface area contributed by atoms with Gasteiger partial charge in [0.25, 0.3) is 11.7 Å². The molecule has 1 aromatic heterocycles. The average Bonchev–Trinajstić information content (AvgIpc) is 3.16. The van der Waals surface area contributed by atoms with Crippen molar-refractivity contribution in [2.45, 2.75) is 25.4 Å². The van der Waals surface area contributed by atoms with Gasteiger partial charge in [-0.1, -0.05) is 23.4 Å². The topological polar surface area (TPSA) is 100 Å². The van der Waals surface area contributed by atoms with Crippen molar-refractivity contribution in [3.8, 4) is 5.75 Å². The van der Waals surface area contributed by atoms with Gasteiger partial charge in [-0.15, -0.1) is 0 Å². The smallest absolute Gasteiger partial charge is 0.292 e. The number of carbonyl (C=O) groups excluding carboxylic acids is 1. The molecule has 0 aliphatic carbocycles. The van der Waals surface area contributed by atoms with E-state index in [1.54, 1.807) is 24.3 Å². The number of nitrogens with one attached hydrogen (secondary N) is 2. The second-order valence-electron chi connectivity index (χ2n) is 4.92. The molecule has 1 atom stereocenters. The summed E-state index contributed by atoms with van der Waals surface area (Å²) < 4.78 is 5.11. The summed E-state index contributed by atoms with van der Waals surface area (Å²) in [6.45, 7) is 1.12. The normalized spacial score (nSPS) is 17.8. The van der Waals surface area contributed by atoms with Crippen LogP contribution in [0.5, 0.6) is 5.75 Å². The van der Waals surface area contributed by atoms with Gasteiger partial charge in [0.2, 0.25) is 5.89 Å². The van der Waals surface area contributed by atoms with Gasteiger partial charge in [-0.25, -0.2) is 0 Å². The Bertz CT molecular complexity index is 635. The predicted octanol–water partition coefficient (Wildman–Crippen LogP) is 1.13. The molecule has 0 radical (unpaired) electrons. The molecule has 1 aliphatic heterocycles. The zero-order chi connectivity index (χ0) is 14.7. The van der Waals surface area contributed by atoms with Crippen LogP contribution in [0.4, 0.5) is 0 Å². The highest BCUT2D eigenvalue weighted by atomic mass is 16.5. The summed E-state index contributed by atoms with van der Waals surface area (Å²) in [5.74, 6) is 0.169. The Balaban J connectivity index is 1.62. The maximum Gasteiger partial charge on any atom is 0.292 e. The summed E-state index contributed by atoms with van der Waals surface area (Å²) in [4.78, 5) is 16.1. The van der Waals surface area contributed by atoms with E-state index in [4.69, 9.17) is 4.52 Å². The minimum atomic E-state index is -0.425. The first kappa shape index (κ1) is 13.6. The molecule has 0 spiro atoms. The maximum atomic E-state index is 12.0. The summed E-state index contributed by atoms with van der Waals surface area (Å²) in [6.07, 6.45) is 1.99. The van der Waals surface area contributed by atoms with E-state index < -0.39 is 5.91 Å². The first-order valence-corrected chi connectivity index (χ1v) is 6.86. The van der Waals surface area contributed by atoms with Crippen molar-refractivity contribution in [1.82, 2.24) is 20.8 Å². The number of benzene rings is 1. The van der Waals surface area contributed by atoms with Crippen molar-refractivity contribution in [3.63, 3.8) is 0 Å². The number of nitrogens with zero attached hydrogens (tertiary/aromatic N) is 2. The molecule has 1 aliphatic rings. The molecular weight excluding hydrogens is 272 g/mol. The fraction of sp³-hybridized carbons (Fsp3) is 0.357.